The van der Waals surface area contributed by atoms with Crippen molar-refractivity contribution in [1.82, 2.24) is 21.3 Å². The fraction of sp³-hybridized carbons (Fsp3) is 0.433. The standard InChI is InChI=1S/C17H17Cl2NO7S.C17H19Cl2NO5S.C10H16ClNO3S.C9H15NO4S.C7H4Cl2O2/c1-9(21)28-6-5-14(23)20-12(7-15(24)25)13(22)8-27-17(26)16-10(18)3-2-4-11(16)19;1-3-13(20-15(23)7-8-26-10(2)21)14(22)9-25-17(24)16-11(18)5-4-6-12(16)19;1-3-8(9(14)6-11)12-10(15)4-5-16-7(2)13;1-3-7(9(13)14)10-8(12)4-5-15-6(2)11;8-4-2-1-3-5(9)6(4)7(10)11/h2-4,12H,5-8H2,1H3,(H,20,23)(H,24,25);4-6,13H,3,7-9H2,1-2H3,(H,20,23);8H,3-6H2,1-2H3,(H,12,15);7H,3-5H2,1-2H3,(H,10,12)(H,13,14);1-3H,(H,10,11)/t12-;13-;8-;7-;/m0000./s1. The predicted octanol–water partition coefficient (Wildman–Crippen LogP) is 10.3. The van der Waals surface area contributed by atoms with Crippen LogP contribution in [0.5, 0.6) is 0 Å². The zero-order valence-corrected chi connectivity index (χ0v) is 61.1. The molecule has 0 radical (unpaired) electrons. The van der Waals surface area contributed by atoms with E-state index in [1.54, 1.807) is 32.9 Å². The number of nitrogens with one attached hydrogen (secondary N) is 4. The van der Waals surface area contributed by atoms with Crippen LogP contribution in [0, 0.1) is 0 Å². The number of carbonyl (C=O) groups excluding carboxylic acids is 13. The Labute approximate surface area is 605 Å². The maximum Gasteiger partial charge on any atom is 0.341 e. The van der Waals surface area contributed by atoms with Crippen molar-refractivity contribution >= 4 is 220 Å². The molecule has 0 aromatic heterocycles. The number of rotatable bonds is 33. The van der Waals surface area contributed by atoms with Crippen LogP contribution in [0.25, 0.3) is 0 Å². The highest BCUT2D eigenvalue weighted by atomic mass is 35.5. The van der Waals surface area contributed by atoms with Gasteiger partial charge in [0, 0.05) is 76.4 Å². The number of benzene rings is 3. The normalized spacial score (nSPS) is 11.4. The number of amides is 4. The quantitative estimate of drug-likeness (QED) is 0.0220. The van der Waals surface area contributed by atoms with Gasteiger partial charge in [-0.05, 0) is 55.7 Å². The summed E-state index contributed by atoms with van der Waals surface area (Å²) in [5.41, 5.74) is -0.184. The third-order valence-electron chi connectivity index (χ3n) is 11.3. The number of carboxylic acid groups (broad SMARTS) is 3. The number of esters is 2. The fourth-order valence-corrected chi connectivity index (χ4v) is 10.7. The maximum atomic E-state index is 12.2. The topological polar surface area (TPSA) is 400 Å². The molecule has 0 aliphatic carbocycles. The molecule has 0 aliphatic rings. The highest BCUT2D eigenvalue weighted by Crippen LogP contribution is 2.27. The summed E-state index contributed by atoms with van der Waals surface area (Å²) in [5.74, 6) is -6.94. The van der Waals surface area contributed by atoms with E-state index < -0.39 is 91.1 Å². The molecule has 0 heterocycles. The van der Waals surface area contributed by atoms with Crippen LogP contribution >= 0.6 is 128 Å². The van der Waals surface area contributed by atoms with Gasteiger partial charge in [-0.2, -0.15) is 0 Å². The maximum absolute atomic E-state index is 12.2. The molecule has 4 amide bonds. The molecule has 530 valence electrons. The van der Waals surface area contributed by atoms with Crippen LogP contribution in [0.2, 0.25) is 30.1 Å². The molecular formula is C60H71Cl7N4O21S4. The second-order valence-electron chi connectivity index (χ2n) is 18.8. The Morgan fingerprint density at radius 2 is 0.667 bits per heavy atom. The molecule has 0 unspecified atom stereocenters. The van der Waals surface area contributed by atoms with E-state index in [1.807, 2.05) is 0 Å². The first-order chi connectivity index (χ1) is 45.0. The van der Waals surface area contributed by atoms with Gasteiger partial charge in [0.05, 0.1) is 71.2 Å². The monoisotopic (exact) mass is 1560 g/mol. The average molecular weight is 1560 g/mol. The number of carboxylic acids is 3. The Morgan fingerprint density at radius 3 is 0.906 bits per heavy atom. The van der Waals surface area contributed by atoms with Crippen molar-refractivity contribution in [3.8, 4) is 0 Å². The van der Waals surface area contributed by atoms with E-state index in [9.17, 15) is 76.7 Å². The van der Waals surface area contributed by atoms with E-state index in [0.717, 1.165) is 47.0 Å². The molecule has 25 nitrogen and oxygen atoms in total. The molecule has 3 aromatic carbocycles. The Kier molecular flexibility index (Phi) is 50.0. The van der Waals surface area contributed by atoms with Crippen LogP contribution in [-0.4, -0.2) is 173 Å². The van der Waals surface area contributed by atoms with Gasteiger partial charge in [-0.3, -0.25) is 57.5 Å². The molecule has 0 fully saturated rings. The summed E-state index contributed by atoms with van der Waals surface area (Å²) in [6, 6.07) is 9.96. The first kappa shape index (κ1) is 92.1. The van der Waals surface area contributed by atoms with E-state index >= 15 is 0 Å². The lowest BCUT2D eigenvalue weighted by atomic mass is 10.1. The number of ether oxygens (including phenoxy) is 2. The average Bonchev–Trinajstić information content (AvgIpc) is 0.875. The summed E-state index contributed by atoms with van der Waals surface area (Å²) in [5, 5.41) is 36.3. The molecule has 4 atom stereocenters. The SMILES string of the molecule is CC(=O)SCCC(=O)N[C@@H](CC(=O)O)C(=O)COC(=O)c1c(Cl)cccc1Cl.CC[C@H](NC(=O)CCSC(C)=O)C(=O)CCl.CC[C@H](NC(=O)CCSC(C)=O)C(=O)COC(=O)c1c(Cl)cccc1Cl.CC[C@H](NC(=O)CCSC(C)=O)C(=O)O.O=C(O)c1c(Cl)cccc1Cl. The Balaban J connectivity index is 0. The number of hydrogen-bond donors (Lipinski definition) is 7. The zero-order chi connectivity index (χ0) is 73.8. The minimum atomic E-state index is -1.39. The molecule has 7 N–H and O–H groups in total. The smallest absolute Gasteiger partial charge is 0.341 e. The Bertz CT molecular complexity index is 3160. The largest absolute Gasteiger partial charge is 0.481 e. The lowest BCUT2D eigenvalue weighted by Crippen LogP contribution is -2.44. The molecule has 0 bridgehead atoms. The van der Waals surface area contributed by atoms with Crippen molar-refractivity contribution in [1.29, 1.82) is 0 Å². The Hall–Kier alpha value is -5.99. The van der Waals surface area contributed by atoms with Crippen molar-refractivity contribution in [3.05, 3.63) is 101 Å². The number of aliphatic carboxylic acids is 2. The molecule has 0 spiro atoms. The second-order valence-corrected chi connectivity index (χ2v) is 26.6. The van der Waals surface area contributed by atoms with E-state index in [-0.39, 0.29) is 128 Å². The molecule has 0 saturated heterocycles. The van der Waals surface area contributed by atoms with Gasteiger partial charge in [-0.15, -0.1) is 11.6 Å². The van der Waals surface area contributed by atoms with Gasteiger partial charge in [0.25, 0.3) is 0 Å². The van der Waals surface area contributed by atoms with E-state index in [2.05, 4.69) is 21.3 Å². The van der Waals surface area contributed by atoms with Gasteiger partial charge < -0.3 is 46.1 Å². The van der Waals surface area contributed by atoms with Crippen molar-refractivity contribution in [2.75, 3.05) is 42.1 Å². The van der Waals surface area contributed by atoms with Gasteiger partial charge in [0.15, 0.2) is 51.0 Å². The molecule has 3 aromatic rings. The lowest BCUT2D eigenvalue weighted by molar-refractivity contribution is -0.142. The number of alkyl halides is 1. The summed E-state index contributed by atoms with van der Waals surface area (Å²) in [4.78, 5) is 181. The lowest BCUT2D eigenvalue weighted by Gasteiger charge is -2.16. The van der Waals surface area contributed by atoms with E-state index in [0.29, 0.717) is 36.5 Å². The van der Waals surface area contributed by atoms with Crippen molar-refractivity contribution in [2.45, 2.75) is 124 Å². The minimum Gasteiger partial charge on any atom is -0.481 e. The summed E-state index contributed by atoms with van der Waals surface area (Å²) in [6.45, 7) is 9.56. The van der Waals surface area contributed by atoms with E-state index in [4.69, 9.17) is 106 Å². The minimum absolute atomic E-state index is 0.0121. The number of Topliss-reactive ketones (excluding diaryl/α,β-unsaturated/α-hetero) is 3. The number of ketones is 3. The summed E-state index contributed by atoms with van der Waals surface area (Å²) >= 11 is 44.2. The predicted molar refractivity (Wildman–Crippen MR) is 372 cm³/mol. The van der Waals surface area contributed by atoms with Gasteiger partial charge in [-0.1, -0.05) is 156 Å². The van der Waals surface area contributed by atoms with Crippen LogP contribution in [0.4, 0.5) is 0 Å². The Morgan fingerprint density at radius 1 is 0.406 bits per heavy atom. The summed E-state index contributed by atoms with van der Waals surface area (Å²) in [6.07, 6.45) is 0.956. The van der Waals surface area contributed by atoms with Gasteiger partial charge in [-0.25, -0.2) is 19.2 Å². The zero-order valence-electron chi connectivity index (χ0n) is 52.6. The number of thioether (sulfide) groups is 4. The fourth-order valence-electron chi connectivity index (χ4n) is 6.59. The van der Waals surface area contributed by atoms with Crippen LogP contribution < -0.4 is 21.3 Å². The van der Waals surface area contributed by atoms with Gasteiger partial charge in [0.1, 0.15) is 12.1 Å². The van der Waals surface area contributed by atoms with Crippen molar-refractivity contribution in [2.24, 2.45) is 0 Å². The second kappa shape index (κ2) is 52.1. The summed E-state index contributed by atoms with van der Waals surface area (Å²) in [7, 11) is 0. The van der Waals surface area contributed by atoms with Crippen molar-refractivity contribution in [3.63, 3.8) is 0 Å². The molecule has 0 saturated carbocycles. The van der Waals surface area contributed by atoms with Crippen LogP contribution in [0.3, 0.4) is 0 Å². The van der Waals surface area contributed by atoms with Crippen LogP contribution in [0.15, 0.2) is 54.6 Å². The first-order valence-electron chi connectivity index (χ1n) is 28.2. The molecule has 3 rings (SSSR count). The number of carbonyl (C=O) groups is 16. The highest BCUT2D eigenvalue weighted by molar-refractivity contribution is 8.14. The molecule has 0 aliphatic heterocycles. The molecule has 96 heavy (non-hydrogen) atoms. The van der Waals surface area contributed by atoms with Crippen LogP contribution in [-0.2, 0) is 71.8 Å². The van der Waals surface area contributed by atoms with Gasteiger partial charge >= 0.3 is 29.8 Å². The number of hydrogen-bond acceptors (Lipinski definition) is 22. The third kappa shape index (κ3) is 42.0. The molecular weight excluding hydrogens is 1490 g/mol. The number of aromatic carboxylic acids is 1. The van der Waals surface area contributed by atoms with Gasteiger partial charge in [0.2, 0.25) is 23.6 Å². The summed E-state index contributed by atoms with van der Waals surface area (Å²) < 4.78 is 9.83. The first-order valence-corrected chi connectivity index (χ1v) is 34.9. The number of halogens is 7. The highest BCUT2D eigenvalue weighted by Gasteiger charge is 2.27. The molecule has 36 heteroatoms. The van der Waals surface area contributed by atoms with Crippen molar-refractivity contribution < 1.29 is 102 Å². The van der Waals surface area contributed by atoms with E-state index in [1.165, 1.54) is 70.2 Å². The third-order valence-corrected chi connectivity index (χ3v) is 16.7. The van der Waals surface area contributed by atoms with Crippen LogP contribution in [0.1, 0.15) is 131 Å².